The molecule has 2 atom stereocenters. The van der Waals surface area contributed by atoms with Crippen LogP contribution in [0.15, 0.2) is 36.5 Å². The molecule has 0 aromatic carbocycles. The van der Waals surface area contributed by atoms with Crippen molar-refractivity contribution in [2.24, 2.45) is 0 Å². The van der Waals surface area contributed by atoms with E-state index in [2.05, 4.69) is 43.5 Å². The number of rotatable bonds is 41. The molecule has 0 fully saturated rings. The predicted molar refractivity (Wildman–Crippen MR) is 225 cm³/mol. The van der Waals surface area contributed by atoms with Crippen molar-refractivity contribution in [2.75, 3.05) is 6.61 Å². The summed E-state index contributed by atoms with van der Waals surface area (Å²) in [6.45, 7) is 4.16. The van der Waals surface area contributed by atoms with Crippen molar-refractivity contribution in [1.82, 2.24) is 5.32 Å². The van der Waals surface area contributed by atoms with Gasteiger partial charge in [0.15, 0.2) is 0 Å². The lowest BCUT2D eigenvalue weighted by molar-refractivity contribution is -0.123. The Hall–Kier alpha value is -1.39. The fraction of sp³-hybridized carbons (Fsp3) is 0.851. The standard InChI is InChI=1S/C47H89NO3/c1-3-5-7-9-10-11-12-13-14-15-16-17-18-19-20-21-22-23-24-25-26-27-28-29-30-31-32-33-34-35-36-37-38-39-41-43-47(51)48-45(44-49)46(50)42-40-8-6-4-2/h12-13,15-16,40,42,45-46,49-50H,3-11,14,17-39,41,43-44H2,1-2H3,(H,48,51)/b13-12-,16-15-,42-40+. The van der Waals surface area contributed by atoms with Gasteiger partial charge in [0.1, 0.15) is 0 Å². The second-order valence-electron chi connectivity index (χ2n) is 15.5. The zero-order valence-electron chi connectivity index (χ0n) is 34.4. The zero-order valence-corrected chi connectivity index (χ0v) is 34.4. The molecule has 4 heteroatoms. The molecule has 0 spiro atoms. The Labute approximate surface area is 319 Å². The summed E-state index contributed by atoms with van der Waals surface area (Å²) in [4.78, 5) is 12.2. The first-order valence-electron chi connectivity index (χ1n) is 22.7. The maximum atomic E-state index is 12.2. The van der Waals surface area contributed by atoms with Crippen molar-refractivity contribution < 1.29 is 15.0 Å². The van der Waals surface area contributed by atoms with E-state index in [1.807, 2.05) is 6.08 Å². The predicted octanol–water partition coefficient (Wildman–Crippen LogP) is 14.2. The Morgan fingerprint density at radius 1 is 0.471 bits per heavy atom. The molecule has 4 nitrogen and oxygen atoms in total. The first-order valence-corrected chi connectivity index (χ1v) is 22.7. The zero-order chi connectivity index (χ0) is 37.1. The van der Waals surface area contributed by atoms with E-state index in [0.29, 0.717) is 6.42 Å². The minimum absolute atomic E-state index is 0.0708. The molecular weight excluding hydrogens is 627 g/mol. The van der Waals surface area contributed by atoms with Gasteiger partial charge < -0.3 is 15.5 Å². The molecule has 1 amide bonds. The first kappa shape index (κ1) is 49.6. The van der Waals surface area contributed by atoms with Gasteiger partial charge in [0.05, 0.1) is 18.8 Å². The maximum absolute atomic E-state index is 12.2. The van der Waals surface area contributed by atoms with Crippen LogP contribution >= 0.6 is 0 Å². The quantitative estimate of drug-likeness (QED) is 0.0436. The molecule has 3 N–H and O–H groups in total. The Balaban J connectivity index is 3.30. The van der Waals surface area contributed by atoms with E-state index >= 15 is 0 Å². The Bertz CT molecular complexity index is 775. The number of unbranched alkanes of at least 4 members (excludes halogenated alkanes) is 30. The summed E-state index contributed by atoms with van der Waals surface area (Å²) >= 11 is 0. The molecule has 0 aromatic heterocycles. The average molecular weight is 716 g/mol. The van der Waals surface area contributed by atoms with Gasteiger partial charge in [-0.2, -0.15) is 0 Å². The highest BCUT2D eigenvalue weighted by Crippen LogP contribution is 2.16. The summed E-state index contributed by atoms with van der Waals surface area (Å²) in [5, 5.41) is 22.5. The van der Waals surface area contributed by atoms with Gasteiger partial charge in [0.25, 0.3) is 0 Å². The van der Waals surface area contributed by atoms with Gasteiger partial charge in [-0.1, -0.05) is 224 Å². The molecule has 0 aliphatic heterocycles. The minimum Gasteiger partial charge on any atom is -0.394 e. The molecule has 0 saturated heterocycles. The molecule has 0 aliphatic carbocycles. The molecule has 0 rings (SSSR count). The van der Waals surface area contributed by atoms with Crippen LogP contribution in [0, 0.1) is 0 Å². The average Bonchev–Trinajstić information content (AvgIpc) is 3.13. The highest BCUT2D eigenvalue weighted by molar-refractivity contribution is 5.76. The molecule has 0 radical (unpaired) electrons. The SMILES string of the molecule is CCCC/C=C/C(O)C(CO)NC(=O)CCCCCCCCCCCCCCCCCCCCCCCCC/C=C\C/C=C\CCCCCCC. The normalized spacial score (nSPS) is 13.3. The summed E-state index contributed by atoms with van der Waals surface area (Å²) in [6.07, 6.45) is 57.6. The first-order chi connectivity index (χ1) is 25.2. The van der Waals surface area contributed by atoms with Gasteiger partial charge in [-0.15, -0.1) is 0 Å². The molecular formula is C47H89NO3. The summed E-state index contributed by atoms with van der Waals surface area (Å²) in [7, 11) is 0. The van der Waals surface area contributed by atoms with Crippen molar-refractivity contribution in [3.05, 3.63) is 36.5 Å². The number of amides is 1. The van der Waals surface area contributed by atoms with Crippen molar-refractivity contribution in [2.45, 2.75) is 251 Å². The molecule has 0 heterocycles. The third-order valence-corrected chi connectivity index (χ3v) is 10.4. The lowest BCUT2D eigenvalue weighted by atomic mass is 10.0. The summed E-state index contributed by atoms with van der Waals surface area (Å²) < 4.78 is 0. The molecule has 0 bridgehead atoms. The van der Waals surface area contributed by atoms with E-state index in [0.717, 1.165) is 38.5 Å². The minimum atomic E-state index is -0.832. The molecule has 51 heavy (non-hydrogen) atoms. The van der Waals surface area contributed by atoms with E-state index in [9.17, 15) is 15.0 Å². The molecule has 2 unspecified atom stereocenters. The smallest absolute Gasteiger partial charge is 0.220 e. The number of carbonyl (C=O) groups excluding carboxylic acids is 1. The van der Waals surface area contributed by atoms with Gasteiger partial charge >= 0.3 is 0 Å². The summed E-state index contributed by atoms with van der Waals surface area (Å²) in [5.41, 5.74) is 0. The fourth-order valence-corrected chi connectivity index (χ4v) is 6.84. The maximum Gasteiger partial charge on any atom is 0.220 e. The van der Waals surface area contributed by atoms with Crippen LogP contribution < -0.4 is 5.32 Å². The van der Waals surface area contributed by atoms with Crippen LogP contribution in [0.2, 0.25) is 0 Å². The molecule has 0 aliphatic rings. The van der Waals surface area contributed by atoms with E-state index in [-0.39, 0.29) is 12.5 Å². The van der Waals surface area contributed by atoms with Gasteiger partial charge in [-0.05, 0) is 44.9 Å². The van der Waals surface area contributed by atoms with Crippen molar-refractivity contribution in [3.8, 4) is 0 Å². The van der Waals surface area contributed by atoms with Crippen LogP contribution in [0.25, 0.3) is 0 Å². The Morgan fingerprint density at radius 2 is 0.824 bits per heavy atom. The van der Waals surface area contributed by atoms with E-state index in [4.69, 9.17) is 0 Å². The molecule has 0 saturated carbocycles. The van der Waals surface area contributed by atoms with E-state index < -0.39 is 12.1 Å². The highest BCUT2D eigenvalue weighted by Gasteiger charge is 2.17. The number of hydrogen-bond donors (Lipinski definition) is 3. The van der Waals surface area contributed by atoms with Crippen molar-refractivity contribution in [3.63, 3.8) is 0 Å². The lowest BCUT2D eigenvalue weighted by Gasteiger charge is -2.19. The highest BCUT2D eigenvalue weighted by atomic mass is 16.3. The van der Waals surface area contributed by atoms with Gasteiger partial charge in [-0.25, -0.2) is 0 Å². The number of aliphatic hydroxyl groups excluding tert-OH is 2. The Morgan fingerprint density at radius 3 is 1.22 bits per heavy atom. The van der Waals surface area contributed by atoms with Crippen LogP contribution in [-0.2, 0) is 4.79 Å². The summed E-state index contributed by atoms with van der Waals surface area (Å²) in [6, 6.07) is -0.615. The number of nitrogens with one attached hydrogen (secondary N) is 1. The van der Waals surface area contributed by atoms with Gasteiger partial charge in [-0.3, -0.25) is 4.79 Å². The van der Waals surface area contributed by atoms with Crippen molar-refractivity contribution in [1.29, 1.82) is 0 Å². The van der Waals surface area contributed by atoms with Crippen molar-refractivity contribution >= 4 is 5.91 Å². The largest absolute Gasteiger partial charge is 0.394 e. The topological polar surface area (TPSA) is 69.6 Å². The fourth-order valence-electron chi connectivity index (χ4n) is 6.84. The van der Waals surface area contributed by atoms with Crippen LogP contribution in [0.3, 0.4) is 0 Å². The van der Waals surface area contributed by atoms with Gasteiger partial charge in [0, 0.05) is 6.42 Å². The second-order valence-corrected chi connectivity index (χ2v) is 15.5. The van der Waals surface area contributed by atoms with Crippen LogP contribution in [0.4, 0.5) is 0 Å². The summed E-state index contributed by atoms with van der Waals surface area (Å²) in [5.74, 6) is -0.0708. The second kappa shape index (κ2) is 43.0. The number of aliphatic hydroxyl groups is 2. The molecule has 0 aromatic rings. The third kappa shape index (κ3) is 39.6. The van der Waals surface area contributed by atoms with Gasteiger partial charge in [0.2, 0.25) is 5.91 Å². The Kier molecular flexibility index (Phi) is 41.8. The number of carbonyl (C=O) groups is 1. The van der Waals surface area contributed by atoms with E-state index in [1.54, 1.807) is 6.08 Å². The van der Waals surface area contributed by atoms with E-state index in [1.165, 1.54) is 180 Å². The number of allylic oxidation sites excluding steroid dienone is 5. The number of hydrogen-bond acceptors (Lipinski definition) is 3. The third-order valence-electron chi connectivity index (χ3n) is 10.4. The monoisotopic (exact) mass is 716 g/mol. The molecule has 300 valence electrons. The van der Waals surface area contributed by atoms with Crippen LogP contribution in [-0.4, -0.2) is 34.9 Å². The van der Waals surface area contributed by atoms with Crippen LogP contribution in [0.5, 0.6) is 0 Å². The van der Waals surface area contributed by atoms with Crippen LogP contribution in [0.1, 0.15) is 239 Å². The lowest BCUT2D eigenvalue weighted by Crippen LogP contribution is -2.45.